The van der Waals surface area contributed by atoms with Gasteiger partial charge >= 0.3 is 0 Å². The van der Waals surface area contributed by atoms with Gasteiger partial charge in [0.2, 0.25) is 5.91 Å². The van der Waals surface area contributed by atoms with Gasteiger partial charge in [-0.25, -0.2) is 8.42 Å². The Morgan fingerprint density at radius 1 is 1.50 bits per heavy atom. The van der Waals surface area contributed by atoms with Crippen LogP contribution in [0.5, 0.6) is 0 Å². The molecule has 0 aromatic heterocycles. The third kappa shape index (κ3) is 3.26. The Kier molecular flexibility index (Phi) is 4.08. The Balaban J connectivity index is 4.54. The van der Waals surface area contributed by atoms with Crippen molar-refractivity contribution in [2.24, 2.45) is 0 Å². The number of carbonyl (C=O) groups excluding carboxylic acids is 1. The molecule has 0 unspecified atom stereocenters. The first-order chi connectivity index (χ1) is 6.09. The summed E-state index contributed by atoms with van der Waals surface area (Å²) in [6.07, 6.45) is 0.323. The Bertz CT molecular complexity index is 305. The van der Waals surface area contributed by atoms with Gasteiger partial charge in [0.25, 0.3) is 0 Å². The molecule has 0 fully saturated rings. The lowest BCUT2D eigenvalue weighted by Gasteiger charge is -2.21. The second-order valence-electron chi connectivity index (χ2n) is 3.84. The van der Waals surface area contributed by atoms with E-state index in [-0.39, 0.29) is 6.54 Å². The minimum atomic E-state index is -3.44. The van der Waals surface area contributed by atoms with Crippen LogP contribution < -0.4 is 5.32 Å². The third-order valence-electron chi connectivity index (χ3n) is 2.03. The highest BCUT2D eigenvalue weighted by molar-refractivity contribution is 7.92. The molecule has 0 aliphatic rings. The number of amides is 1. The SMILES string of the molecule is C[C@H](O)CNC(=O)C(C)(C)S(C)(=O)=O. The Morgan fingerprint density at radius 2 is 1.93 bits per heavy atom. The van der Waals surface area contributed by atoms with Gasteiger partial charge in [0.15, 0.2) is 9.84 Å². The summed E-state index contributed by atoms with van der Waals surface area (Å²) in [7, 11) is -3.44. The summed E-state index contributed by atoms with van der Waals surface area (Å²) in [5, 5.41) is 11.3. The van der Waals surface area contributed by atoms with Crippen molar-refractivity contribution in [1.82, 2.24) is 5.32 Å². The van der Waals surface area contributed by atoms with Gasteiger partial charge in [0.1, 0.15) is 4.75 Å². The number of sulfone groups is 1. The van der Waals surface area contributed by atoms with E-state index >= 15 is 0 Å². The number of hydrogen-bond donors (Lipinski definition) is 2. The van der Waals surface area contributed by atoms with Crippen molar-refractivity contribution >= 4 is 15.7 Å². The first kappa shape index (κ1) is 13.4. The smallest absolute Gasteiger partial charge is 0.240 e. The van der Waals surface area contributed by atoms with Crippen LogP contribution in [0.2, 0.25) is 0 Å². The number of aliphatic hydroxyl groups excluding tert-OH is 1. The van der Waals surface area contributed by atoms with Crippen LogP contribution in [-0.4, -0.2) is 43.1 Å². The van der Waals surface area contributed by atoms with Crippen LogP contribution in [0.15, 0.2) is 0 Å². The van der Waals surface area contributed by atoms with E-state index in [4.69, 9.17) is 5.11 Å². The molecule has 6 heteroatoms. The molecule has 0 bridgehead atoms. The van der Waals surface area contributed by atoms with Crippen LogP contribution in [0.25, 0.3) is 0 Å². The topological polar surface area (TPSA) is 83.5 Å². The van der Waals surface area contributed by atoms with Gasteiger partial charge in [-0.15, -0.1) is 0 Å². The number of aliphatic hydroxyl groups is 1. The zero-order valence-corrected chi connectivity index (χ0v) is 9.68. The number of hydrogen-bond acceptors (Lipinski definition) is 4. The molecule has 0 radical (unpaired) electrons. The Labute approximate surface area is 84.4 Å². The first-order valence-corrected chi connectivity index (χ1v) is 6.14. The minimum Gasteiger partial charge on any atom is -0.392 e. The van der Waals surface area contributed by atoms with E-state index in [2.05, 4.69) is 5.32 Å². The Morgan fingerprint density at radius 3 is 2.21 bits per heavy atom. The predicted molar refractivity (Wildman–Crippen MR) is 53.6 cm³/mol. The average Bonchev–Trinajstić information content (AvgIpc) is 1.97. The fourth-order valence-corrected chi connectivity index (χ4v) is 1.03. The first-order valence-electron chi connectivity index (χ1n) is 4.25. The molecule has 84 valence electrons. The van der Waals surface area contributed by atoms with Gasteiger partial charge in [-0.3, -0.25) is 4.79 Å². The fraction of sp³-hybridized carbons (Fsp3) is 0.875. The van der Waals surface area contributed by atoms with Gasteiger partial charge in [-0.1, -0.05) is 0 Å². The summed E-state index contributed by atoms with van der Waals surface area (Å²) in [6, 6.07) is 0. The van der Waals surface area contributed by atoms with Crippen molar-refractivity contribution in [3.63, 3.8) is 0 Å². The molecule has 1 amide bonds. The normalized spacial score (nSPS) is 14.9. The predicted octanol–water partition coefficient (Wildman–Crippen LogP) is -0.693. The van der Waals surface area contributed by atoms with E-state index in [0.29, 0.717) is 0 Å². The third-order valence-corrected chi connectivity index (χ3v) is 4.07. The number of rotatable bonds is 4. The fourth-order valence-electron chi connectivity index (χ4n) is 0.622. The maximum absolute atomic E-state index is 11.4. The molecule has 5 nitrogen and oxygen atoms in total. The lowest BCUT2D eigenvalue weighted by Crippen LogP contribution is -2.49. The molecule has 0 saturated carbocycles. The molecule has 0 rings (SSSR count). The van der Waals surface area contributed by atoms with Crippen LogP contribution in [-0.2, 0) is 14.6 Å². The molecule has 1 atom stereocenters. The van der Waals surface area contributed by atoms with E-state index in [1.54, 1.807) is 0 Å². The molecular weight excluding hydrogens is 206 g/mol. The second kappa shape index (κ2) is 4.27. The minimum absolute atomic E-state index is 0.0534. The lowest BCUT2D eigenvalue weighted by atomic mass is 10.2. The van der Waals surface area contributed by atoms with Gasteiger partial charge in [0.05, 0.1) is 6.10 Å². The summed E-state index contributed by atoms with van der Waals surface area (Å²) >= 11 is 0. The van der Waals surface area contributed by atoms with Crippen LogP contribution in [0.1, 0.15) is 20.8 Å². The van der Waals surface area contributed by atoms with Gasteiger partial charge in [-0.2, -0.15) is 0 Å². The average molecular weight is 223 g/mol. The Hall–Kier alpha value is -0.620. The van der Waals surface area contributed by atoms with E-state index in [1.165, 1.54) is 20.8 Å². The van der Waals surface area contributed by atoms with Crippen molar-refractivity contribution in [2.45, 2.75) is 31.6 Å². The summed E-state index contributed by atoms with van der Waals surface area (Å²) in [6.45, 7) is 4.23. The molecule has 0 aliphatic heterocycles. The van der Waals surface area contributed by atoms with E-state index in [1.807, 2.05) is 0 Å². The molecule has 0 spiro atoms. The monoisotopic (exact) mass is 223 g/mol. The van der Waals surface area contributed by atoms with Crippen molar-refractivity contribution in [2.75, 3.05) is 12.8 Å². The van der Waals surface area contributed by atoms with Crippen molar-refractivity contribution in [3.05, 3.63) is 0 Å². The van der Waals surface area contributed by atoms with E-state index in [9.17, 15) is 13.2 Å². The number of carbonyl (C=O) groups is 1. The van der Waals surface area contributed by atoms with Gasteiger partial charge in [-0.05, 0) is 20.8 Å². The quantitative estimate of drug-likeness (QED) is 0.660. The van der Waals surface area contributed by atoms with E-state index in [0.717, 1.165) is 6.26 Å². The standard InChI is InChI=1S/C8H17NO4S/c1-6(10)5-9-7(11)8(2,3)14(4,12)13/h6,10H,5H2,1-4H3,(H,9,11)/t6-/m0/s1. The van der Waals surface area contributed by atoms with Crippen LogP contribution in [0, 0.1) is 0 Å². The lowest BCUT2D eigenvalue weighted by molar-refractivity contribution is -0.123. The summed E-state index contributed by atoms with van der Waals surface area (Å²) < 4.78 is 21.0. The molecular formula is C8H17NO4S. The summed E-state index contributed by atoms with van der Waals surface area (Å²) in [4.78, 5) is 11.4. The summed E-state index contributed by atoms with van der Waals surface area (Å²) in [5.74, 6) is -0.596. The molecule has 2 N–H and O–H groups in total. The van der Waals surface area contributed by atoms with Crippen LogP contribution >= 0.6 is 0 Å². The highest BCUT2D eigenvalue weighted by Gasteiger charge is 2.38. The van der Waals surface area contributed by atoms with Crippen molar-refractivity contribution in [3.8, 4) is 0 Å². The molecule has 0 saturated heterocycles. The molecule has 0 aromatic carbocycles. The summed E-state index contributed by atoms with van der Waals surface area (Å²) in [5.41, 5.74) is 0. The highest BCUT2D eigenvalue weighted by Crippen LogP contribution is 2.14. The maximum Gasteiger partial charge on any atom is 0.240 e. The zero-order chi connectivity index (χ0) is 11.6. The van der Waals surface area contributed by atoms with Crippen LogP contribution in [0.4, 0.5) is 0 Å². The molecule has 0 aromatic rings. The maximum atomic E-state index is 11.4. The van der Waals surface area contributed by atoms with Gasteiger partial charge in [0, 0.05) is 12.8 Å². The zero-order valence-electron chi connectivity index (χ0n) is 8.86. The number of nitrogens with one attached hydrogen (secondary N) is 1. The molecule has 0 aliphatic carbocycles. The highest BCUT2D eigenvalue weighted by atomic mass is 32.2. The van der Waals surface area contributed by atoms with Crippen molar-refractivity contribution in [1.29, 1.82) is 0 Å². The second-order valence-corrected chi connectivity index (χ2v) is 6.41. The van der Waals surface area contributed by atoms with E-state index < -0.39 is 26.6 Å². The molecule has 14 heavy (non-hydrogen) atoms. The largest absolute Gasteiger partial charge is 0.392 e. The molecule has 0 heterocycles. The van der Waals surface area contributed by atoms with Crippen molar-refractivity contribution < 1.29 is 18.3 Å². The van der Waals surface area contributed by atoms with Gasteiger partial charge < -0.3 is 10.4 Å². The van der Waals surface area contributed by atoms with Crippen LogP contribution in [0.3, 0.4) is 0 Å².